The largest absolute Gasteiger partial charge is 0.494 e. The van der Waals surface area contributed by atoms with E-state index in [9.17, 15) is 4.79 Å². The molecule has 0 fully saturated rings. The molecule has 0 bridgehead atoms. The lowest BCUT2D eigenvalue weighted by molar-refractivity contribution is 0.0985. The van der Waals surface area contributed by atoms with Crippen LogP contribution < -0.4 is 23.8 Å². The summed E-state index contributed by atoms with van der Waals surface area (Å²) in [5, 5.41) is 0.594. The third-order valence-electron chi connectivity index (χ3n) is 5.66. The van der Waals surface area contributed by atoms with Gasteiger partial charge in [-0.25, -0.2) is 9.97 Å². The average molecular weight is 497 g/mol. The van der Waals surface area contributed by atoms with Crippen LogP contribution in [0.3, 0.4) is 0 Å². The van der Waals surface area contributed by atoms with Crippen molar-refractivity contribution in [3.05, 3.63) is 54.1 Å². The van der Waals surface area contributed by atoms with Crippen LogP contribution in [0.5, 0.6) is 23.0 Å². The number of nitrogens with zero attached hydrogens (tertiary/aromatic N) is 4. The molecule has 0 unspecified atom stereocenters. The topological polar surface area (TPSA) is 87.9 Å². The summed E-state index contributed by atoms with van der Waals surface area (Å²) < 4.78 is 24.8. The van der Waals surface area contributed by atoms with Gasteiger partial charge in [0.05, 0.1) is 39.5 Å². The summed E-state index contributed by atoms with van der Waals surface area (Å²) in [7, 11) is 6.20. The fraction of sp³-hybridized carbons (Fsp3) is 0.320. The summed E-state index contributed by atoms with van der Waals surface area (Å²) in [5.41, 5.74) is 2.22. The zero-order chi connectivity index (χ0) is 24.9. The van der Waals surface area contributed by atoms with Crippen molar-refractivity contribution in [2.24, 2.45) is 0 Å². The molecule has 4 aromatic rings. The second-order valence-electron chi connectivity index (χ2n) is 7.78. The summed E-state index contributed by atoms with van der Waals surface area (Å²) in [5.74, 6) is 1.71. The van der Waals surface area contributed by atoms with E-state index < -0.39 is 0 Å². The molecule has 1 amide bonds. The van der Waals surface area contributed by atoms with Gasteiger partial charge in [-0.15, -0.1) is 0 Å². The second-order valence-corrected chi connectivity index (χ2v) is 8.76. The first-order chi connectivity index (χ1) is 17.0. The van der Waals surface area contributed by atoms with E-state index in [1.54, 1.807) is 36.7 Å². The first-order valence-corrected chi connectivity index (χ1v) is 11.8. The van der Waals surface area contributed by atoms with Crippen LogP contribution in [0.2, 0.25) is 0 Å². The van der Waals surface area contributed by atoms with E-state index in [0.717, 1.165) is 15.8 Å². The highest BCUT2D eigenvalue weighted by molar-refractivity contribution is 7.22. The highest BCUT2D eigenvalue weighted by Crippen LogP contribution is 2.40. The number of fused-ring (bicyclic) bond motifs is 1. The lowest BCUT2D eigenvalue weighted by atomic mass is 10.1. The number of carbonyl (C=O) groups is 1. The zero-order valence-corrected chi connectivity index (χ0v) is 21.2. The molecule has 2 aromatic carbocycles. The van der Waals surface area contributed by atoms with E-state index in [1.165, 1.54) is 32.7 Å². The Bertz CT molecular complexity index is 1290. The number of amides is 1. The Morgan fingerprint density at radius 1 is 1.03 bits per heavy atom. The minimum Gasteiger partial charge on any atom is -0.494 e. The number of ether oxygens (including phenoxy) is 4. The molecule has 0 radical (unpaired) electrons. The van der Waals surface area contributed by atoms with Gasteiger partial charge in [0.15, 0.2) is 16.6 Å². The number of hydrogen-bond donors (Lipinski definition) is 0. The number of aryl methyl sites for hydroxylation is 2. The van der Waals surface area contributed by atoms with Crippen molar-refractivity contribution in [3.63, 3.8) is 0 Å². The predicted octanol–water partition coefficient (Wildman–Crippen LogP) is 4.57. The van der Waals surface area contributed by atoms with Crippen molar-refractivity contribution >= 4 is 32.6 Å². The van der Waals surface area contributed by atoms with E-state index in [0.29, 0.717) is 53.2 Å². The molecule has 0 atom stereocenters. The minimum absolute atomic E-state index is 0.217. The van der Waals surface area contributed by atoms with Crippen LogP contribution in [0.1, 0.15) is 22.3 Å². The summed E-state index contributed by atoms with van der Waals surface area (Å²) in [6.07, 6.45) is 6.11. The van der Waals surface area contributed by atoms with Crippen molar-refractivity contribution in [1.29, 1.82) is 0 Å². The van der Waals surface area contributed by atoms with Gasteiger partial charge in [-0.1, -0.05) is 17.4 Å². The molecular formula is C25H28N4O5S. The molecule has 35 heavy (non-hydrogen) atoms. The Kier molecular flexibility index (Phi) is 7.40. The molecule has 0 aliphatic carbocycles. The molecule has 0 aliphatic heterocycles. The quantitative estimate of drug-likeness (QED) is 0.318. The summed E-state index contributed by atoms with van der Waals surface area (Å²) in [6, 6.07) is 7.20. The Labute approximate surface area is 207 Å². The van der Waals surface area contributed by atoms with Gasteiger partial charge in [-0.05, 0) is 37.1 Å². The number of carbonyl (C=O) groups excluding carboxylic acids is 1. The number of hydrogen-bond acceptors (Lipinski definition) is 8. The number of methoxy groups -OCH3 is 4. The molecule has 0 N–H and O–H groups in total. The highest BCUT2D eigenvalue weighted by Gasteiger charge is 2.25. The Morgan fingerprint density at radius 2 is 1.74 bits per heavy atom. The molecule has 2 aromatic heterocycles. The third kappa shape index (κ3) is 4.88. The molecule has 9 nitrogen and oxygen atoms in total. The first kappa shape index (κ1) is 24.3. The van der Waals surface area contributed by atoms with Crippen LogP contribution in [0.4, 0.5) is 5.13 Å². The normalized spacial score (nSPS) is 10.9. The molecule has 0 saturated carbocycles. The lowest BCUT2D eigenvalue weighted by Gasteiger charge is -2.21. The van der Waals surface area contributed by atoms with Crippen molar-refractivity contribution in [3.8, 4) is 23.0 Å². The van der Waals surface area contributed by atoms with E-state index in [-0.39, 0.29) is 5.91 Å². The molecular weight excluding hydrogens is 468 g/mol. The number of rotatable bonds is 10. The maximum atomic E-state index is 13.9. The standard InChI is InChI=1S/C25H28N4O5S/c1-16-7-8-18(31-2)21-23(16)35-25(27-21)29(11-6-10-28-12-9-26-15-28)24(30)17-13-19(32-3)22(34-5)20(14-17)33-4/h7-9,12-15H,6,10-11H2,1-5H3. The number of imidazole rings is 1. The van der Waals surface area contributed by atoms with Gasteiger partial charge in [0.25, 0.3) is 5.91 Å². The van der Waals surface area contributed by atoms with E-state index in [1.807, 2.05) is 29.8 Å². The molecule has 0 saturated heterocycles. The van der Waals surface area contributed by atoms with Crippen LogP contribution in [0, 0.1) is 6.92 Å². The smallest absolute Gasteiger partial charge is 0.260 e. The van der Waals surface area contributed by atoms with E-state index >= 15 is 0 Å². The maximum Gasteiger partial charge on any atom is 0.260 e. The number of anilines is 1. The van der Waals surface area contributed by atoms with Crippen molar-refractivity contribution < 1.29 is 23.7 Å². The first-order valence-electron chi connectivity index (χ1n) is 11.0. The molecule has 0 spiro atoms. The Morgan fingerprint density at radius 3 is 2.34 bits per heavy atom. The van der Waals surface area contributed by atoms with E-state index in [4.69, 9.17) is 23.9 Å². The monoisotopic (exact) mass is 496 g/mol. The van der Waals surface area contributed by atoms with Gasteiger partial charge in [0.1, 0.15) is 11.3 Å². The minimum atomic E-state index is -0.217. The highest BCUT2D eigenvalue weighted by atomic mass is 32.1. The van der Waals surface area contributed by atoms with Gasteiger partial charge in [0, 0.05) is 31.0 Å². The Hall–Kier alpha value is -3.79. The number of aromatic nitrogens is 3. The van der Waals surface area contributed by atoms with Gasteiger partial charge in [-0.2, -0.15) is 0 Å². The average Bonchev–Trinajstić information content (AvgIpc) is 3.56. The fourth-order valence-corrected chi connectivity index (χ4v) is 4.93. The number of thiazole rings is 1. The van der Waals surface area contributed by atoms with Crippen molar-refractivity contribution in [2.75, 3.05) is 39.9 Å². The van der Waals surface area contributed by atoms with E-state index in [2.05, 4.69) is 4.98 Å². The second kappa shape index (κ2) is 10.6. The van der Waals surface area contributed by atoms with Gasteiger partial charge >= 0.3 is 0 Å². The van der Waals surface area contributed by atoms with Crippen LogP contribution in [0.25, 0.3) is 10.2 Å². The van der Waals surface area contributed by atoms with Crippen LogP contribution in [0.15, 0.2) is 43.0 Å². The summed E-state index contributed by atoms with van der Waals surface area (Å²) in [4.78, 5) is 24.5. The molecule has 10 heteroatoms. The van der Waals surface area contributed by atoms with Gasteiger partial charge in [0.2, 0.25) is 5.75 Å². The van der Waals surface area contributed by atoms with Crippen molar-refractivity contribution in [1.82, 2.24) is 14.5 Å². The van der Waals surface area contributed by atoms with Crippen LogP contribution >= 0.6 is 11.3 Å². The zero-order valence-electron chi connectivity index (χ0n) is 20.4. The molecule has 4 rings (SSSR count). The molecule has 184 valence electrons. The number of benzene rings is 2. The molecule has 2 heterocycles. The van der Waals surface area contributed by atoms with Crippen LogP contribution in [-0.2, 0) is 6.54 Å². The summed E-state index contributed by atoms with van der Waals surface area (Å²) >= 11 is 1.47. The lowest BCUT2D eigenvalue weighted by Crippen LogP contribution is -2.32. The SMILES string of the molecule is COc1cc(C(=O)N(CCCn2ccnc2)c2nc3c(OC)ccc(C)c3s2)cc(OC)c1OC. The maximum absolute atomic E-state index is 13.9. The van der Waals surface area contributed by atoms with Crippen molar-refractivity contribution in [2.45, 2.75) is 19.9 Å². The van der Waals surface area contributed by atoms with Gasteiger partial charge in [-0.3, -0.25) is 9.69 Å². The Balaban J connectivity index is 1.75. The third-order valence-corrected chi connectivity index (χ3v) is 6.87. The summed E-state index contributed by atoms with van der Waals surface area (Å²) in [6.45, 7) is 3.19. The molecule has 0 aliphatic rings. The van der Waals surface area contributed by atoms with Crippen LogP contribution in [-0.4, -0.2) is 55.4 Å². The van der Waals surface area contributed by atoms with Gasteiger partial charge < -0.3 is 23.5 Å². The fourth-order valence-electron chi connectivity index (χ4n) is 3.85. The predicted molar refractivity (Wildman–Crippen MR) is 136 cm³/mol.